The van der Waals surface area contributed by atoms with Gasteiger partial charge >= 0.3 is 0 Å². The maximum atomic E-state index is 2.60. The van der Waals surface area contributed by atoms with E-state index in [0.717, 1.165) is 12.8 Å². The highest BCUT2D eigenvalue weighted by Crippen LogP contribution is 2.63. The zero-order valence-corrected chi connectivity index (χ0v) is 37.5. The number of hydrogen-bond donors (Lipinski definition) is 0. The van der Waals surface area contributed by atoms with E-state index in [4.69, 9.17) is 0 Å². The normalized spacial score (nSPS) is 14.1. The van der Waals surface area contributed by atoms with Gasteiger partial charge in [-0.25, -0.2) is 0 Å². The predicted octanol–water partition coefficient (Wildman–Crippen LogP) is 16.8. The van der Waals surface area contributed by atoms with Crippen LogP contribution in [0.15, 0.2) is 237 Å². The molecule has 1 spiro atoms. The predicted molar refractivity (Wildman–Crippen MR) is 281 cm³/mol. The number of rotatable bonds is 5. The van der Waals surface area contributed by atoms with E-state index in [0.29, 0.717) is 0 Å². The first kappa shape index (κ1) is 37.9. The average molecular weight is 861 g/mol. The number of fused-ring (bicyclic) bond motifs is 17. The lowest BCUT2D eigenvalue weighted by Crippen LogP contribution is -2.26. The van der Waals surface area contributed by atoms with Gasteiger partial charge < -0.3 is 0 Å². The second-order valence-electron chi connectivity index (χ2n) is 19.3. The van der Waals surface area contributed by atoms with Crippen LogP contribution in [0.4, 0.5) is 0 Å². The molecule has 0 fully saturated rings. The van der Waals surface area contributed by atoms with Crippen molar-refractivity contribution in [3.05, 3.63) is 298 Å². The molecular formula is C68H44. The summed E-state index contributed by atoms with van der Waals surface area (Å²) in [6.07, 6.45) is 1.85. The zero-order chi connectivity index (χ0) is 44.5. The molecule has 68 heavy (non-hydrogen) atoms. The van der Waals surface area contributed by atoms with Crippen LogP contribution in [0, 0.1) is 0 Å². The van der Waals surface area contributed by atoms with Gasteiger partial charge in [-0.2, -0.15) is 0 Å². The van der Waals surface area contributed by atoms with Crippen molar-refractivity contribution >= 4 is 10.8 Å². The maximum absolute atomic E-state index is 2.60. The third-order valence-electron chi connectivity index (χ3n) is 16.1. The van der Waals surface area contributed by atoms with Crippen molar-refractivity contribution in [3.8, 4) is 66.8 Å². The molecule has 0 N–H and O–H groups in total. The molecule has 1 unspecified atom stereocenters. The van der Waals surface area contributed by atoms with Gasteiger partial charge in [0.2, 0.25) is 0 Å². The first-order chi connectivity index (χ1) is 33.7. The van der Waals surface area contributed by atoms with E-state index in [1.165, 1.54) is 139 Å². The highest BCUT2D eigenvalue weighted by atomic mass is 14.5. The lowest BCUT2D eigenvalue weighted by molar-refractivity contribution is 0.790. The molecule has 11 aromatic carbocycles. The Kier molecular flexibility index (Phi) is 7.98. The van der Waals surface area contributed by atoms with Gasteiger partial charge in [-0.15, -0.1) is 0 Å². The number of hydrogen-bond acceptors (Lipinski definition) is 0. The Hall–Kier alpha value is -8.32. The first-order valence-corrected chi connectivity index (χ1v) is 24.2. The monoisotopic (exact) mass is 860 g/mol. The van der Waals surface area contributed by atoms with Crippen LogP contribution in [0.3, 0.4) is 0 Å². The summed E-state index contributed by atoms with van der Waals surface area (Å²) in [5, 5.41) is 2.63. The molecule has 11 aromatic rings. The topological polar surface area (TPSA) is 0 Å². The standard InChI is InChI=1S/C68H44/c1-2-17-42(18-3-1)48-21-8-9-27-57(48)66(46-34-36-56-55-26-12-15-32-64(55)68(65(56)41-46)62-30-13-10-24-53(62)54-25-11-14-31-63(54)68)45-33-35-50-47(37-45)40-61-59(50)39-44-20-5-7-23-51(44)67(61)58-29-16-28-52-49-22-6-4-19-43(49)38-60(52)58/h1-37,39,41,66H,38,40H2. The average Bonchev–Trinajstić information content (AvgIpc) is 4.14. The fraction of sp³-hybridized carbons (Fsp3) is 0.0588. The molecule has 1 atom stereocenters. The van der Waals surface area contributed by atoms with Gasteiger partial charge in [0.15, 0.2) is 0 Å². The van der Waals surface area contributed by atoms with Crippen molar-refractivity contribution < 1.29 is 0 Å². The van der Waals surface area contributed by atoms with Crippen molar-refractivity contribution in [2.45, 2.75) is 24.2 Å². The smallest absolute Gasteiger partial charge is 0.0622 e. The lowest BCUT2D eigenvalue weighted by Gasteiger charge is -2.31. The summed E-state index contributed by atoms with van der Waals surface area (Å²) >= 11 is 0. The van der Waals surface area contributed by atoms with E-state index in [-0.39, 0.29) is 5.92 Å². The van der Waals surface area contributed by atoms with Gasteiger partial charge in [0.05, 0.1) is 5.41 Å². The summed E-state index contributed by atoms with van der Waals surface area (Å²) in [5.74, 6) is -0.0344. The highest BCUT2D eigenvalue weighted by Gasteiger charge is 2.51. The largest absolute Gasteiger partial charge is 0.0725 e. The Morgan fingerprint density at radius 1 is 0.309 bits per heavy atom. The molecular weight excluding hydrogens is 817 g/mol. The van der Waals surface area contributed by atoms with Crippen LogP contribution in [0.1, 0.15) is 67.1 Å². The Balaban J connectivity index is 0.943. The Bertz CT molecular complexity index is 3860. The molecule has 4 aliphatic rings. The molecule has 316 valence electrons. The quantitative estimate of drug-likeness (QED) is 0.151. The molecule has 0 radical (unpaired) electrons. The van der Waals surface area contributed by atoms with Gasteiger partial charge in [-0.1, -0.05) is 231 Å². The molecule has 0 saturated heterocycles. The van der Waals surface area contributed by atoms with E-state index >= 15 is 0 Å². The summed E-state index contributed by atoms with van der Waals surface area (Å²) in [5.41, 5.74) is 30.8. The molecule has 0 heteroatoms. The molecule has 0 nitrogen and oxygen atoms in total. The van der Waals surface area contributed by atoms with Gasteiger partial charge in [0, 0.05) is 5.92 Å². The van der Waals surface area contributed by atoms with Gasteiger partial charge in [-0.3, -0.25) is 0 Å². The van der Waals surface area contributed by atoms with E-state index in [1.54, 1.807) is 0 Å². The summed E-state index contributed by atoms with van der Waals surface area (Å²) in [4.78, 5) is 0. The zero-order valence-electron chi connectivity index (χ0n) is 37.5. The lowest BCUT2D eigenvalue weighted by atomic mass is 9.69. The van der Waals surface area contributed by atoms with Gasteiger partial charge in [0.25, 0.3) is 0 Å². The third-order valence-corrected chi connectivity index (χ3v) is 16.1. The molecule has 0 bridgehead atoms. The van der Waals surface area contributed by atoms with Crippen LogP contribution in [0.25, 0.3) is 77.5 Å². The highest BCUT2D eigenvalue weighted by molar-refractivity contribution is 6.06. The maximum Gasteiger partial charge on any atom is 0.0725 e. The second kappa shape index (κ2) is 14.3. The molecule has 0 aliphatic heterocycles. The number of benzene rings is 11. The second-order valence-corrected chi connectivity index (χ2v) is 19.3. The van der Waals surface area contributed by atoms with Crippen molar-refractivity contribution in [1.82, 2.24) is 0 Å². The van der Waals surface area contributed by atoms with Crippen LogP contribution in [0.2, 0.25) is 0 Å². The van der Waals surface area contributed by atoms with Gasteiger partial charge in [0.1, 0.15) is 0 Å². The summed E-state index contributed by atoms with van der Waals surface area (Å²) in [7, 11) is 0. The fourth-order valence-electron chi connectivity index (χ4n) is 13.4. The fourth-order valence-corrected chi connectivity index (χ4v) is 13.4. The molecule has 0 aromatic heterocycles. The van der Waals surface area contributed by atoms with E-state index in [1.807, 2.05) is 0 Å². The van der Waals surface area contributed by atoms with Crippen molar-refractivity contribution in [3.63, 3.8) is 0 Å². The minimum absolute atomic E-state index is 0.0344. The summed E-state index contributed by atoms with van der Waals surface area (Å²) in [6.45, 7) is 0. The first-order valence-electron chi connectivity index (χ1n) is 24.2. The van der Waals surface area contributed by atoms with E-state index in [2.05, 4.69) is 237 Å². The Labute approximate surface area is 397 Å². The Morgan fingerprint density at radius 3 is 1.59 bits per heavy atom. The third kappa shape index (κ3) is 5.15. The van der Waals surface area contributed by atoms with Crippen LogP contribution >= 0.6 is 0 Å². The molecule has 0 amide bonds. The van der Waals surface area contributed by atoms with Crippen molar-refractivity contribution in [2.24, 2.45) is 0 Å². The van der Waals surface area contributed by atoms with Gasteiger partial charge in [-0.05, 0) is 158 Å². The minimum atomic E-state index is -0.421. The van der Waals surface area contributed by atoms with E-state index in [9.17, 15) is 0 Å². The van der Waals surface area contributed by atoms with Crippen LogP contribution in [0.5, 0.6) is 0 Å². The molecule has 4 aliphatic carbocycles. The SMILES string of the molecule is c1ccc(-c2ccccc2C(c2ccc3c(c2)Cc2c-3cc3ccccc3c2-c2cccc3c2Cc2ccccc2-3)c2ccc3c(c2)C2(c4ccccc4-c4ccccc42)c2ccccc2-3)cc1. The van der Waals surface area contributed by atoms with Crippen molar-refractivity contribution in [1.29, 1.82) is 0 Å². The van der Waals surface area contributed by atoms with Crippen molar-refractivity contribution in [2.75, 3.05) is 0 Å². The van der Waals surface area contributed by atoms with E-state index < -0.39 is 5.41 Å². The summed E-state index contributed by atoms with van der Waals surface area (Å²) in [6, 6.07) is 90.0. The minimum Gasteiger partial charge on any atom is -0.0622 e. The van der Waals surface area contributed by atoms with Crippen LogP contribution < -0.4 is 0 Å². The molecule has 15 rings (SSSR count). The molecule has 0 heterocycles. The Morgan fingerprint density at radius 2 is 0.838 bits per heavy atom. The van der Waals surface area contributed by atoms with Crippen LogP contribution in [-0.2, 0) is 18.3 Å². The summed E-state index contributed by atoms with van der Waals surface area (Å²) < 4.78 is 0. The molecule has 0 saturated carbocycles. The van der Waals surface area contributed by atoms with Crippen LogP contribution in [-0.4, -0.2) is 0 Å².